The molecule has 1 heterocycles. The summed E-state index contributed by atoms with van der Waals surface area (Å²) in [5.41, 5.74) is 7.69. The number of benzene rings is 1. The number of hydrogen-bond acceptors (Lipinski definition) is 5. The second-order valence-corrected chi connectivity index (χ2v) is 5.45. The Morgan fingerprint density at radius 1 is 1.36 bits per heavy atom. The van der Waals surface area contributed by atoms with Crippen LogP contribution >= 0.6 is 0 Å². The van der Waals surface area contributed by atoms with Crippen LogP contribution in [0.4, 0.5) is 5.69 Å². The van der Waals surface area contributed by atoms with Crippen molar-refractivity contribution in [2.75, 3.05) is 51.9 Å². The van der Waals surface area contributed by atoms with Gasteiger partial charge >= 0.3 is 0 Å². The van der Waals surface area contributed by atoms with Crippen molar-refractivity contribution in [3.05, 3.63) is 29.8 Å². The van der Waals surface area contributed by atoms with Crippen molar-refractivity contribution in [3.63, 3.8) is 0 Å². The molecule has 0 spiro atoms. The molecule has 0 saturated carbocycles. The summed E-state index contributed by atoms with van der Waals surface area (Å²) in [7, 11) is 1.52. The zero-order valence-electron chi connectivity index (χ0n) is 13.1. The van der Waals surface area contributed by atoms with Crippen LogP contribution in [0.25, 0.3) is 0 Å². The second-order valence-electron chi connectivity index (χ2n) is 5.45. The summed E-state index contributed by atoms with van der Waals surface area (Å²) in [5, 5.41) is 2.79. The van der Waals surface area contributed by atoms with Gasteiger partial charge < -0.3 is 20.5 Å². The summed E-state index contributed by atoms with van der Waals surface area (Å²) >= 11 is 0. The molecule has 0 radical (unpaired) electrons. The summed E-state index contributed by atoms with van der Waals surface area (Å²) < 4.78 is 10.2. The van der Waals surface area contributed by atoms with E-state index in [9.17, 15) is 4.79 Å². The van der Waals surface area contributed by atoms with Crippen LogP contribution in [-0.4, -0.2) is 63.4 Å². The molecular weight excluding hydrogens is 282 g/mol. The van der Waals surface area contributed by atoms with Crippen molar-refractivity contribution >= 4 is 11.6 Å². The van der Waals surface area contributed by atoms with E-state index in [-0.39, 0.29) is 12.5 Å². The zero-order chi connectivity index (χ0) is 15.8. The van der Waals surface area contributed by atoms with E-state index < -0.39 is 6.04 Å². The Kier molecular flexibility index (Phi) is 6.79. The summed E-state index contributed by atoms with van der Waals surface area (Å²) in [6, 6.07) is 7.25. The summed E-state index contributed by atoms with van der Waals surface area (Å²) in [5.74, 6) is -0.233. The number of carbonyl (C=O) groups is 1. The van der Waals surface area contributed by atoms with Crippen molar-refractivity contribution in [2.45, 2.75) is 12.5 Å². The maximum Gasteiger partial charge on any atom is 0.243 e. The standard InChI is InChI=1S/C16H25N3O3/c1-21-12-15(17)16(20)18-14-4-2-13(3-5-14)6-7-19-8-10-22-11-9-19/h2-5,15H,6-12,17H2,1H3,(H,18,20). The van der Waals surface area contributed by atoms with Gasteiger partial charge in [0, 0.05) is 32.4 Å². The number of amides is 1. The van der Waals surface area contributed by atoms with Gasteiger partial charge in [0.15, 0.2) is 0 Å². The molecule has 1 unspecified atom stereocenters. The fourth-order valence-corrected chi connectivity index (χ4v) is 2.36. The van der Waals surface area contributed by atoms with E-state index in [0.29, 0.717) is 0 Å². The molecule has 0 aromatic heterocycles. The predicted molar refractivity (Wildman–Crippen MR) is 85.9 cm³/mol. The van der Waals surface area contributed by atoms with E-state index >= 15 is 0 Å². The minimum Gasteiger partial charge on any atom is -0.383 e. The molecule has 6 nitrogen and oxygen atoms in total. The lowest BCUT2D eigenvalue weighted by Gasteiger charge is -2.26. The Balaban J connectivity index is 1.78. The molecule has 6 heteroatoms. The lowest BCUT2D eigenvalue weighted by molar-refractivity contribution is -0.118. The molecule has 1 aliphatic rings. The summed E-state index contributed by atoms with van der Waals surface area (Å²) in [6.45, 7) is 4.91. The van der Waals surface area contributed by atoms with Gasteiger partial charge in [-0.25, -0.2) is 0 Å². The van der Waals surface area contributed by atoms with Crippen LogP contribution in [0.1, 0.15) is 5.56 Å². The van der Waals surface area contributed by atoms with Crippen LogP contribution in [0.5, 0.6) is 0 Å². The largest absolute Gasteiger partial charge is 0.383 e. The number of hydrogen-bond donors (Lipinski definition) is 2. The topological polar surface area (TPSA) is 76.8 Å². The molecule has 122 valence electrons. The Hall–Kier alpha value is -1.47. The average Bonchev–Trinajstić information content (AvgIpc) is 2.55. The zero-order valence-corrected chi connectivity index (χ0v) is 13.1. The molecule has 0 aliphatic carbocycles. The highest BCUT2D eigenvalue weighted by Crippen LogP contribution is 2.11. The van der Waals surface area contributed by atoms with Gasteiger partial charge in [0.2, 0.25) is 5.91 Å². The lowest BCUT2D eigenvalue weighted by Crippen LogP contribution is -2.39. The van der Waals surface area contributed by atoms with Crippen LogP contribution in [0, 0.1) is 0 Å². The Morgan fingerprint density at radius 3 is 2.68 bits per heavy atom. The van der Waals surface area contributed by atoms with E-state index in [1.54, 1.807) is 0 Å². The molecule has 1 aromatic rings. The average molecular weight is 307 g/mol. The highest BCUT2D eigenvalue weighted by molar-refractivity contribution is 5.94. The van der Waals surface area contributed by atoms with Gasteiger partial charge in [-0.2, -0.15) is 0 Å². The first kappa shape index (κ1) is 16.9. The Bertz CT molecular complexity index is 458. The van der Waals surface area contributed by atoms with Crippen LogP contribution in [0.15, 0.2) is 24.3 Å². The van der Waals surface area contributed by atoms with Gasteiger partial charge in [0.25, 0.3) is 0 Å². The van der Waals surface area contributed by atoms with Crippen LogP contribution in [0.3, 0.4) is 0 Å². The second kappa shape index (κ2) is 8.85. The minimum absolute atomic E-state index is 0.212. The number of nitrogens with two attached hydrogens (primary N) is 1. The number of nitrogens with one attached hydrogen (secondary N) is 1. The van der Waals surface area contributed by atoms with Gasteiger partial charge in [-0.3, -0.25) is 9.69 Å². The normalized spacial score (nSPS) is 17.2. The molecule has 1 aliphatic heterocycles. The number of ether oxygens (including phenoxy) is 2. The van der Waals surface area contributed by atoms with Gasteiger partial charge in [0.05, 0.1) is 19.8 Å². The SMILES string of the molecule is COCC(N)C(=O)Nc1ccc(CCN2CCOCC2)cc1. The van der Waals surface area contributed by atoms with Gasteiger partial charge in [-0.15, -0.1) is 0 Å². The third-order valence-electron chi connectivity index (χ3n) is 3.72. The first-order valence-electron chi connectivity index (χ1n) is 7.63. The van der Waals surface area contributed by atoms with E-state index in [2.05, 4.69) is 10.2 Å². The number of methoxy groups -OCH3 is 1. The van der Waals surface area contributed by atoms with Gasteiger partial charge in [-0.05, 0) is 24.1 Å². The Labute approximate surface area is 131 Å². The van der Waals surface area contributed by atoms with Crippen molar-refractivity contribution < 1.29 is 14.3 Å². The minimum atomic E-state index is -0.647. The third kappa shape index (κ3) is 5.38. The van der Waals surface area contributed by atoms with Crippen molar-refractivity contribution in [2.24, 2.45) is 5.73 Å². The first-order chi connectivity index (χ1) is 10.7. The number of nitrogens with zero attached hydrogens (tertiary/aromatic N) is 1. The predicted octanol–water partition coefficient (Wildman–Crippen LogP) is 0.474. The highest BCUT2D eigenvalue weighted by Gasteiger charge is 2.13. The molecule has 1 saturated heterocycles. The maximum atomic E-state index is 11.8. The molecule has 1 amide bonds. The molecule has 2 rings (SSSR count). The van der Waals surface area contributed by atoms with Gasteiger partial charge in [-0.1, -0.05) is 12.1 Å². The van der Waals surface area contributed by atoms with Crippen molar-refractivity contribution in [1.82, 2.24) is 4.90 Å². The molecular formula is C16H25N3O3. The number of rotatable bonds is 7. The van der Waals surface area contributed by atoms with Crippen molar-refractivity contribution in [3.8, 4) is 0 Å². The monoisotopic (exact) mass is 307 g/mol. The lowest BCUT2D eigenvalue weighted by atomic mass is 10.1. The number of morpholine rings is 1. The first-order valence-corrected chi connectivity index (χ1v) is 7.63. The smallest absolute Gasteiger partial charge is 0.243 e. The van der Waals surface area contributed by atoms with Crippen LogP contribution < -0.4 is 11.1 Å². The molecule has 22 heavy (non-hydrogen) atoms. The Morgan fingerprint density at radius 2 is 2.05 bits per heavy atom. The third-order valence-corrected chi connectivity index (χ3v) is 3.72. The molecule has 1 aromatic carbocycles. The maximum absolute atomic E-state index is 11.8. The fourth-order valence-electron chi connectivity index (χ4n) is 2.36. The van der Waals surface area contributed by atoms with E-state index in [4.69, 9.17) is 15.2 Å². The molecule has 1 fully saturated rings. The summed E-state index contributed by atoms with van der Waals surface area (Å²) in [4.78, 5) is 14.2. The van der Waals surface area contributed by atoms with Gasteiger partial charge in [0.1, 0.15) is 6.04 Å². The van der Waals surface area contributed by atoms with Crippen LogP contribution in [-0.2, 0) is 20.7 Å². The summed E-state index contributed by atoms with van der Waals surface area (Å²) in [6.07, 6.45) is 0.997. The quantitative estimate of drug-likeness (QED) is 0.766. The van der Waals surface area contributed by atoms with E-state index in [1.165, 1.54) is 12.7 Å². The van der Waals surface area contributed by atoms with Crippen LogP contribution in [0.2, 0.25) is 0 Å². The van der Waals surface area contributed by atoms with Crippen molar-refractivity contribution in [1.29, 1.82) is 0 Å². The van der Waals surface area contributed by atoms with E-state index in [0.717, 1.165) is 45.0 Å². The fraction of sp³-hybridized carbons (Fsp3) is 0.562. The van der Waals surface area contributed by atoms with E-state index in [1.807, 2.05) is 24.3 Å². The number of anilines is 1. The molecule has 3 N–H and O–H groups in total. The highest BCUT2D eigenvalue weighted by atomic mass is 16.5. The number of carbonyl (C=O) groups excluding carboxylic acids is 1. The molecule has 0 bridgehead atoms. The molecule has 1 atom stereocenters.